The van der Waals surface area contributed by atoms with Crippen LogP contribution in [-0.4, -0.2) is 23.8 Å². The van der Waals surface area contributed by atoms with Crippen molar-refractivity contribution in [1.82, 2.24) is 0 Å². The van der Waals surface area contributed by atoms with E-state index in [-0.39, 0.29) is 6.10 Å². The van der Waals surface area contributed by atoms with Crippen LogP contribution in [0.1, 0.15) is 33.6 Å². The van der Waals surface area contributed by atoms with E-state index in [0.717, 1.165) is 12.5 Å². The molecule has 2 unspecified atom stereocenters. The third kappa shape index (κ3) is 4.58. The maximum absolute atomic E-state index is 10.8. The zero-order valence-corrected chi connectivity index (χ0v) is 9.12. The molecule has 0 heterocycles. The molecule has 0 spiro atoms. The topological polar surface area (TPSA) is 72.5 Å². The van der Waals surface area contributed by atoms with Crippen LogP contribution < -0.4 is 5.73 Å². The van der Waals surface area contributed by atoms with E-state index in [0.29, 0.717) is 13.0 Å². The first-order valence-electron chi connectivity index (χ1n) is 4.97. The van der Waals surface area contributed by atoms with Gasteiger partial charge in [-0.15, -0.1) is 0 Å². The van der Waals surface area contributed by atoms with Crippen molar-refractivity contribution in [3.8, 4) is 0 Å². The fourth-order valence-corrected chi connectivity index (χ4v) is 1.16. The number of ether oxygens (including phenoxy) is 1. The summed E-state index contributed by atoms with van der Waals surface area (Å²) in [5, 5.41) is 8.83. The van der Waals surface area contributed by atoms with Gasteiger partial charge in [-0.25, -0.2) is 0 Å². The summed E-state index contributed by atoms with van der Waals surface area (Å²) in [6.07, 6.45) is 0.978. The molecule has 3 N–H and O–H groups in total. The molecule has 83 valence electrons. The summed E-state index contributed by atoms with van der Waals surface area (Å²) in [7, 11) is 0. The molecule has 0 saturated heterocycles. The van der Waals surface area contributed by atoms with Gasteiger partial charge in [0, 0.05) is 12.6 Å². The first kappa shape index (κ1) is 13.4. The molecule has 0 aromatic carbocycles. The molecule has 0 rings (SSSR count). The molecule has 0 aromatic heterocycles. The summed E-state index contributed by atoms with van der Waals surface area (Å²) in [6, 6.07) is 0.788. The van der Waals surface area contributed by atoms with E-state index in [2.05, 4.69) is 0 Å². The number of aliphatic carboxylic acids is 1. The van der Waals surface area contributed by atoms with E-state index in [1.165, 1.54) is 0 Å². The minimum absolute atomic E-state index is 0.308. The number of nitrogens with two attached hydrogens (primary N) is 1. The van der Waals surface area contributed by atoms with E-state index < -0.39 is 11.9 Å². The van der Waals surface area contributed by atoms with Gasteiger partial charge in [-0.1, -0.05) is 6.92 Å². The van der Waals surface area contributed by atoms with Gasteiger partial charge in [0.25, 0.3) is 0 Å². The molecular weight excluding hydrogens is 182 g/mol. The van der Waals surface area contributed by atoms with Gasteiger partial charge in [-0.3, -0.25) is 4.79 Å². The van der Waals surface area contributed by atoms with Crippen LogP contribution in [0.15, 0.2) is 0 Å². The maximum Gasteiger partial charge on any atom is 0.308 e. The Balaban J connectivity index is 4.20. The van der Waals surface area contributed by atoms with Gasteiger partial charge in [0.1, 0.15) is 0 Å². The Morgan fingerprint density at radius 1 is 1.50 bits per heavy atom. The second-order valence-corrected chi connectivity index (χ2v) is 3.34. The average molecular weight is 202 g/mol. The first-order chi connectivity index (χ1) is 6.52. The summed E-state index contributed by atoms with van der Waals surface area (Å²) >= 11 is 0. The van der Waals surface area contributed by atoms with Crippen LogP contribution >= 0.6 is 0 Å². The lowest BCUT2D eigenvalue weighted by molar-refractivity contribution is -0.146. The Morgan fingerprint density at radius 2 is 2.07 bits per heavy atom. The highest BCUT2D eigenvalue weighted by Crippen LogP contribution is 2.17. The summed E-state index contributed by atoms with van der Waals surface area (Å²) in [5.74, 6) is -1.35. The number of hydrogen-bond donors (Lipinski definition) is 2. The second kappa shape index (κ2) is 6.79. The SMILES string of the molecule is CCOC(C[C](N)CC)C(C)C(=O)O. The van der Waals surface area contributed by atoms with E-state index in [9.17, 15) is 4.79 Å². The molecule has 4 heteroatoms. The quantitative estimate of drug-likeness (QED) is 0.654. The van der Waals surface area contributed by atoms with Crippen molar-refractivity contribution < 1.29 is 14.6 Å². The van der Waals surface area contributed by atoms with Crippen molar-refractivity contribution in [2.24, 2.45) is 11.7 Å². The van der Waals surface area contributed by atoms with Crippen LogP contribution in [-0.2, 0) is 9.53 Å². The molecule has 0 aliphatic carbocycles. The molecule has 0 bridgehead atoms. The minimum Gasteiger partial charge on any atom is -0.481 e. The molecule has 0 aliphatic rings. The second-order valence-electron chi connectivity index (χ2n) is 3.34. The van der Waals surface area contributed by atoms with E-state index in [1.54, 1.807) is 6.92 Å². The van der Waals surface area contributed by atoms with Crippen molar-refractivity contribution in [1.29, 1.82) is 0 Å². The van der Waals surface area contributed by atoms with Gasteiger partial charge in [-0.2, -0.15) is 0 Å². The first-order valence-corrected chi connectivity index (χ1v) is 4.97. The Bertz CT molecular complexity index is 173. The van der Waals surface area contributed by atoms with Gasteiger partial charge >= 0.3 is 5.97 Å². The summed E-state index contributed by atoms with van der Waals surface area (Å²) in [6.45, 7) is 5.96. The van der Waals surface area contributed by atoms with Crippen molar-refractivity contribution >= 4 is 5.97 Å². The largest absolute Gasteiger partial charge is 0.481 e. The fraction of sp³-hybridized carbons (Fsp3) is 0.800. The molecule has 4 nitrogen and oxygen atoms in total. The summed E-state index contributed by atoms with van der Waals surface area (Å²) in [5.41, 5.74) is 5.69. The van der Waals surface area contributed by atoms with Gasteiger partial charge in [0.15, 0.2) is 0 Å². The Kier molecular flexibility index (Phi) is 6.49. The van der Waals surface area contributed by atoms with Crippen molar-refractivity contribution in [2.75, 3.05) is 6.61 Å². The highest BCUT2D eigenvalue weighted by molar-refractivity contribution is 5.70. The normalized spacial score (nSPS) is 15.5. The van der Waals surface area contributed by atoms with Crippen LogP contribution in [0, 0.1) is 12.0 Å². The van der Waals surface area contributed by atoms with E-state index >= 15 is 0 Å². The fourth-order valence-electron chi connectivity index (χ4n) is 1.16. The van der Waals surface area contributed by atoms with Crippen molar-refractivity contribution in [3.05, 3.63) is 6.04 Å². The molecule has 14 heavy (non-hydrogen) atoms. The average Bonchev–Trinajstić information content (AvgIpc) is 2.15. The Labute approximate surface area is 85.4 Å². The monoisotopic (exact) mass is 202 g/mol. The van der Waals surface area contributed by atoms with Crippen LogP contribution in [0.3, 0.4) is 0 Å². The Morgan fingerprint density at radius 3 is 2.43 bits per heavy atom. The van der Waals surface area contributed by atoms with Crippen LogP contribution in [0.25, 0.3) is 0 Å². The third-order valence-corrected chi connectivity index (χ3v) is 2.25. The standard InChI is InChI=1S/C10H20NO3/c1-4-8(11)6-9(14-5-2)7(3)10(12)13/h7,9H,4-6,11H2,1-3H3,(H,12,13). The number of carbonyl (C=O) groups is 1. The zero-order chi connectivity index (χ0) is 11.1. The molecular formula is C10H20NO3. The van der Waals surface area contributed by atoms with Gasteiger partial charge < -0.3 is 15.6 Å². The molecule has 1 radical (unpaired) electrons. The number of rotatable bonds is 7. The number of hydrogen-bond acceptors (Lipinski definition) is 3. The van der Waals surface area contributed by atoms with E-state index in [4.69, 9.17) is 15.6 Å². The van der Waals surface area contributed by atoms with Gasteiger partial charge in [-0.05, 0) is 26.7 Å². The minimum atomic E-state index is -0.840. The van der Waals surface area contributed by atoms with Crippen molar-refractivity contribution in [3.63, 3.8) is 0 Å². The van der Waals surface area contributed by atoms with Crippen molar-refractivity contribution in [2.45, 2.75) is 39.7 Å². The number of carboxylic acid groups (broad SMARTS) is 1. The van der Waals surface area contributed by atoms with Crippen LogP contribution in [0.2, 0.25) is 0 Å². The van der Waals surface area contributed by atoms with E-state index in [1.807, 2.05) is 13.8 Å². The summed E-state index contributed by atoms with van der Waals surface area (Å²) in [4.78, 5) is 10.8. The van der Waals surface area contributed by atoms with Crippen LogP contribution in [0.5, 0.6) is 0 Å². The third-order valence-electron chi connectivity index (χ3n) is 2.25. The predicted molar refractivity (Wildman–Crippen MR) is 54.6 cm³/mol. The Hall–Kier alpha value is -0.610. The predicted octanol–water partition coefficient (Wildman–Crippen LogP) is 1.40. The van der Waals surface area contributed by atoms with Crippen LogP contribution in [0.4, 0.5) is 0 Å². The molecule has 0 saturated carbocycles. The lowest BCUT2D eigenvalue weighted by atomic mass is 9.97. The van der Waals surface area contributed by atoms with Gasteiger partial charge in [0.2, 0.25) is 0 Å². The molecule has 0 amide bonds. The highest BCUT2D eigenvalue weighted by atomic mass is 16.5. The molecule has 0 aromatic rings. The van der Waals surface area contributed by atoms with Gasteiger partial charge in [0.05, 0.1) is 12.0 Å². The molecule has 0 aliphatic heterocycles. The molecule has 2 atom stereocenters. The maximum atomic E-state index is 10.8. The lowest BCUT2D eigenvalue weighted by Crippen LogP contribution is -2.31. The lowest BCUT2D eigenvalue weighted by Gasteiger charge is -2.23. The highest BCUT2D eigenvalue weighted by Gasteiger charge is 2.25. The number of carboxylic acids is 1. The summed E-state index contributed by atoms with van der Waals surface area (Å²) < 4.78 is 5.36. The smallest absolute Gasteiger partial charge is 0.308 e. The zero-order valence-electron chi connectivity index (χ0n) is 9.12. The molecule has 0 fully saturated rings.